The lowest BCUT2D eigenvalue weighted by Gasteiger charge is -2.14. The zero-order valence-electron chi connectivity index (χ0n) is 10.4. The average molecular weight is 284 g/mol. The Bertz CT molecular complexity index is 513. The van der Waals surface area contributed by atoms with Gasteiger partial charge < -0.3 is 15.2 Å². The van der Waals surface area contributed by atoms with E-state index in [4.69, 9.17) is 21.4 Å². The van der Waals surface area contributed by atoms with Crippen molar-refractivity contribution in [3.63, 3.8) is 0 Å². The SMILES string of the molecule is COc1cc(C(=O)NC(C(=O)O)C2CC2)ccc1Cl. The Balaban J connectivity index is 2.12. The molecule has 1 aromatic rings. The molecule has 1 aliphatic carbocycles. The van der Waals surface area contributed by atoms with Crippen LogP contribution < -0.4 is 10.1 Å². The molecule has 0 aromatic heterocycles. The second-order valence-electron chi connectivity index (χ2n) is 4.48. The summed E-state index contributed by atoms with van der Waals surface area (Å²) in [5.41, 5.74) is 0.327. The molecule has 6 heteroatoms. The molecule has 1 fully saturated rings. The Morgan fingerprint density at radius 1 is 1.47 bits per heavy atom. The first-order valence-corrected chi connectivity index (χ1v) is 6.28. The summed E-state index contributed by atoms with van der Waals surface area (Å²) < 4.78 is 5.02. The summed E-state index contributed by atoms with van der Waals surface area (Å²) in [7, 11) is 1.45. The minimum absolute atomic E-state index is 0.0376. The highest BCUT2D eigenvalue weighted by atomic mass is 35.5. The van der Waals surface area contributed by atoms with Crippen molar-refractivity contribution in [1.29, 1.82) is 0 Å². The molecule has 1 saturated carbocycles. The summed E-state index contributed by atoms with van der Waals surface area (Å²) in [6.07, 6.45) is 1.67. The van der Waals surface area contributed by atoms with Crippen molar-refractivity contribution < 1.29 is 19.4 Å². The molecule has 2 N–H and O–H groups in total. The average Bonchev–Trinajstić information content (AvgIpc) is 3.20. The van der Waals surface area contributed by atoms with E-state index in [-0.39, 0.29) is 5.92 Å². The highest BCUT2D eigenvalue weighted by molar-refractivity contribution is 6.32. The van der Waals surface area contributed by atoms with Crippen LogP contribution in [0.1, 0.15) is 23.2 Å². The number of amides is 1. The van der Waals surface area contributed by atoms with E-state index in [0.717, 1.165) is 12.8 Å². The number of hydrogen-bond donors (Lipinski definition) is 2. The van der Waals surface area contributed by atoms with Crippen LogP contribution >= 0.6 is 11.6 Å². The molecule has 0 saturated heterocycles. The summed E-state index contributed by atoms with van der Waals surface area (Å²) in [6, 6.07) is 3.74. The highest BCUT2D eigenvalue weighted by Crippen LogP contribution is 2.33. The highest BCUT2D eigenvalue weighted by Gasteiger charge is 2.37. The fourth-order valence-electron chi connectivity index (χ4n) is 1.84. The number of carbonyl (C=O) groups excluding carboxylic acids is 1. The fourth-order valence-corrected chi connectivity index (χ4v) is 2.03. The van der Waals surface area contributed by atoms with Gasteiger partial charge in [0.05, 0.1) is 12.1 Å². The minimum Gasteiger partial charge on any atom is -0.495 e. The van der Waals surface area contributed by atoms with Gasteiger partial charge in [-0.15, -0.1) is 0 Å². The maximum absolute atomic E-state index is 12.0. The van der Waals surface area contributed by atoms with Gasteiger partial charge in [0.25, 0.3) is 5.91 Å². The number of rotatable bonds is 5. The third kappa shape index (κ3) is 3.17. The van der Waals surface area contributed by atoms with Crippen LogP contribution in [0.25, 0.3) is 0 Å². The lowest BCUT2D eigenvalue weighted by atomic mass is 10.1. The van der Waals surface area contributed by atoms with E-state index in [1.807, 2.05) is 0 Å². The van der Waals surface area contributed by atoms with E-state index in [1.54, 1.807) is 6.07 Å². The van der Waals surface area contributed by atoms with Crippen molar-refractivity contribution >= 4 is 23.5 Å². The molecular weight excluding hydrogens is 270 g/mol. The summed E-state index contributed by atoms with van der Waals surface area (Å²) >= 11 is 5.87. The van der Waals surface area contributed by atoms with Crippen LogP contribution in [0.2, 0.25) is 5.02 Å². The second-order valence-corrected chi connectivity index (χ2v) is 4.88. The molecule has 1 unspecified atom stereocenters. The number of nitrogens with one attached hydrogen (secondary N) is 1. The maximum Gasteiger partial charge on any atom is 0.326 e. The van der Waals surface area contributed by atoms with Crippen LogP contribution in [0.3, 0.4) is 0 Å². The van der Waals surface area contributed by atoms with Crippen molar-refractivity contribution in [3.05, 3.63) is 28.8 Å². The van der Waals surface area contributed by atoms with Crippen molar-refractivity contribution in [2.75, 3.05) is 7.11 Å². The number of benzene rings is 1. The predicted molar refractivity (Wildman–Crippen MR) is 69.6 cm³/mol. The molecule has 0 spiro atoms. The predicted octanol–water partition coefficient (Wildman–Crippen LogP) is 1.94. The number of ether oxygens (including phenoxy) is 1. The quantitative estimate of drug-likeness (QED) is 0.866. The van der Waals surface area contributed by atoms with Gasteiger partial charge in [0, 0.05) is 5.56 Å². The van der Waals surface area contributed by atoms with Crippen molar-refractivity contribution in [3.8, 4) is 5.75 Å². The second kappa shape index (κ2) is 5.48. The van der Waals surface area contributed by atoms with Gasteiger partial charge in [-0.1, -0.05) is 11.6 Å². The number of carboxylic acid groups (broad SMARTS) is 1. The monoisotopic (exact) mass is 283 g/mol. The Kier molecular flexibility index (Phi) is 3.95. The van der Waals surface area contributed by atoms with E-state index in [0.29, 0.717) is 16.3 Å². The van der Waals surface area contributed by atoms with Gasteiger partial charge in [0.2, 0.25) is 0 Å². The van der Waals surface area contributed by atoms with Gasteiger partial charge in [-0.05, 0) is 37.0 Å². The first-order valence-electron chi connectivity index (χ1n) is 5.90. The molecule has 1 aromatic carbocycles. The Morgan fingerprint density at radius 2 is 2.16 bits per heavy atom. The normalized spacial score (nSPS) is 15.7. The van der Waals surface area contributed by atoms with Gasteiger partial charge in [-0.25, -0.2) is 4.79 Å². The van der Waals surface area contributed by atoms with Gasteiger partial charge in [-0.2, -0.15) is 0 Å². The fraction of sp³-hybridized carbons (Fsp3) is 0.385. The van der Waals surface area contributed by atoms with E-state index in [1.165, 1.54) is 19.2 Å². The van der Waals surface area contributed by atoms with Crippen LogP contribution in [-0.2, 0) is 4.79 Å². The van der Waals surface area contributed by atoms with Crippen molar-refractivity contribution in [1.82, 2.24) is 5.32 Å². The van der Waals surface area contributed by atoms with E-state index < -0.39 is 17.9 Å². The van der Waals surface area contributed by atoms with E-state index in [2.05, 4.69) is 5.32 Å². The van der Waals surface area contributed by atoms with Gasteiger partial charge in [-0.3, -0.25) is 4.79 Å². The molecule has 19 heavy (non-hydrogen) atoms. The number of aliphatic carboxylic acids is 1. The first kappa shape index (κ1) is 13.7. The molecule has 0 aliphatic heterocycles. The molecule has 5 nitrogen and oxygen atoms in total. The lowest BCUT2D eigenvalue weighted by Crippen LogP contribution is -2.42. The molecule has 1 aliphatic rings. The van der Waals surface area contributed by atoms with Crippen LogP contribution in [-0.4, -0.2) is 30.1 Å². The standard InChI is InChI=1S/C13H14ClNO4/c1-19-10-6-8(4-5-9(10)14)12(16)15-11(13(17)18)7-2-3-7/h4-7,11H,2-3H2,1H3,(H,15,16)(H,17,18). The molecule has 2 rings (SSSR count). The van der Waals surface area contributed by atoms with Crippen LogP contribution in [0.15, 0.2) is 18.2 Å². The number of halogens is 1. The minimum atomic E-state index is -1.00. The summed E-state index contributed by atoms with van der Waals surface area (Å²) in [5.74, 6) is -1.02. The third-order valence-corrected chi connectivity index (χ3v) is 3.37. The maximum atomic E-state index is 12.0. The number of methoxy groups -OCH3 is 1. The molecular formula is C13H14ClNO4. The van der Waals surface area contributed by atoms with Crippen LogP contribution in [0, 0.1) is 5.92 Å². The summed E-state index contributed by atoms with van der Waals surface area (Å²) in [4.78, 5) is 23.1. The molecule has 102 valence electrons. The summed E-state index contributed by atoms with van der Waals surface area (Å²) in [6.45, 7) is 0. The number of hydrogen-bond acceptors (Lipinski definition) is 3. The number of carbonyl (C=O) groups is 2. The Morgan fingerprint density at radius 3 is 2.68 bits per heavy atom. The molecule has 0 radical (unpaired) electrons. The Hall–Kier alpha value is -1.75. The van der Waals surface area contributed by atoms with Gasteiger partial charge >= 0.3 is 5.97 Å². The lowest BCUT2D eigenvalue weighted by molar-refractivity contribution is -0.139. The van der Waals surface area contributed by atoms with Gasteiger partial charge in [0.1, 0.15) is 11.8 Å². The molecule has 1 amide bonds. The zero-order valence-corrected chi connectivity index (χ0v) is 11.1. The zero-order chi connectivity index (χ0) is 14.0. The first-order chi connectivity index (χ1) is 9.02. The smallest absolute Gasteiger partial charge is 0.326 e. The largest absolute Gasteiger partial charge is 0.495 e. The van der Waals surface area contributed by atoms with Gasteiger partial charge in [0.15, 0.2) is 0 Å². The van der Waals surface area contributed by atoms with Crippen molar-refractivity contribution in [2.45, 2.75) is 18.9 Å². The Labute approximate surface area is 115 Å². The molecule has 0 bridgehead atoms. The van der Waals surface area contributed by atoms with E-state index in [9.17, 15) is 9.59 Å². The van der Waals surface area contributed by atoms with Crippen LogP contribution in [0.5, 0.6) is 5.75 Å². The molecule has 0 heterocycles. The summed E-state index contributed by atoms with van der Waals surface area (Å²) in [5, 5.41) is 12.0. The molecule has 1 atom stereocenters. The van der Waals surface area contributed by atoms with E-state index >= 15 is 0 Å². The third-order valence-electron chi connectivity index (χ3n) is 3.06. The van der Waals surface area contributed by atoms with Crippen LogP contribution in [0.4, 0.5) is 0 Å². The van der Waals surface area contributed by atoms with Crippen molar-refractivity contribution in [2.24, 2.45) is 5.92 Å². The number of carboxylic acids is 1. The topological polar surface area (TPSA) is 75.6 Å².